The lowest BCUT2D eigenvalue weighted by Gasteiger charge is -2.05. The van der Waals surface area contributed by atoms with E-state index in [1.54, 1.807) is 24.5 Å². The van der Waals surface area contributed by atoms with Gasteiger partial charge in [-0.2, -0.15) is 9.36 Å². The molecule has 0 unspecified atom stereocenters. The Morgan fingerprint density at radius 3 is 2.55 bits per heavy atom. The third-order valence-corrected chi connectivity index (χ3v) is 4.84. The molecule has 0 spiro atoms. The number of anilines is 1. The zero-order chi connectivity index (χ0) is 15.6. The molecule has 3 rings (SSSR count). The van der Waals surface area contributed by atoms with Crippen molar-refractivity contribution in [2.75, 3.05) is 4.72 Å². The van der Waals surface area contributed by atoms with E-state index < -0.39 is 20.7 Å². The number of pyridine rings is 1. The topological polar surface area (TPSA) is 84.8 Å². The number of nitrogens with zero attached hydrogens (tertiary/aromatic N) is 3. The van der Waals surface area contributed by atoms with Gasteiger partial charge in [0.05, 0.1) is 0 Å². The van der Waals surface area contributed by atoms with Crippen LogP contribution >= 0.6 is 11.5 Å². The van der Waals surface area contributed by atoms with Crippen molar-refractivity contribution in [1.29, 1.82) is 0 Å². The summed E-state index contributed by atoms with van der Waals surface area (Å²) < 4.78 is 44.2. The standard InChI is InChI=1S/C13H9FN4O2S2/c14-10-3-1-2-4-11(10)22(19,20)18-13-16-12(17-21-13)9-5-7-15-8-6-9/h1-8H,(H,16,17,18). The average molecular weight is 336 g/mol. The molecule has 0 aliphatic heterocycles. The molecule has 0 fully saturated rings. The number of aromatic nitrogens is 3. The minimum absolute atomic E-state index is 0.0649. The van der Waals surface area contributed by atoms with Gasteiger partial charge >= 0.3 is 0 Å². The third-order valence-electron chi connectivity index (χ3n) is 2.71. The summed E-state index contributed by atoms with van der Waals surface area (Å²) in [6.07, 6.45) is 3.17. The number of halogens is 1. The lowest BCUT2D eigenvalue weighted by molar-refractivity contribution is 0.570. The molecule has 2 heterocycles. The van der Waals surface area contributed by atoms with Gasteiger partial charge < -0.3 is 0 Å². The van der Waals surface area contributed by atoms with Crippen LogP contribution in [-0.4, -0.2) is 22.8 Å². The SMILES string of the molecule is O=S(=O)(Nc1nc(-c2ccncc2)ns1)c1ccccc1F. The monoisotopic (exact) mass is 336 g/mol. The first-order chi connectivity index (χ1) is 10.6. The van der Waals surface area contributed by atoms with Gasteiger partial charge in [-0.25, -0.2) is 12.8 Å². The first-order valence-electron chi connectivity index (χ1n) is 6.08. The van der Waals surface area contributed by atoms with E-state index in [0.29, 0.717) is 11.4 Å². The molecule has 0 radical (unpaired) electrons. The first kappa shape index (κ1) is 14.5. The molecule has 0 amide bonds. The molecule has 3 aromatic rings. The highest BCUT2D eigenvalue weighted by atomic mass is 32.2. The van der Waals surface area contributed by atoms with Crippen LogP contribution in [0.3, 0.4) is 0 Å². The van der Waals surface area contributed by atoms with Crippen molar-refractivity contribution in [1.82, 2.24) is 14.3 Å². The summed E-state index contributed by atoms with van der Waals surface area (Å²) in [6, 6.07) is 8.54. The van der Waals surface area contributed by atoms with Crippen LogP contribution in [0.25, 0.3) is 11.4 Å². The minimum Gasteiger partial charge on any atom is -0.265 e. The molecule has 9 heteroatoms. The first-order valence-corrected chi connectivity index (χ1v) is 8.33. The minimum atomic E-state index is -4.04. The Kier molecular flexibility index (Phi) is 3.82. The molecule has 22 heavy (non-hydrogen) atoms. The van der Waals surface area contributed by atoms with Crippen molar-refractivity contribution in [2.24, 2.45) is 0 Å². The Labute approximate surface area is 129 Å². The van der Waals surface area contributed by atoms with E-state index in [1.807, 2.05) is 0 Å². The molecular weight excluding hydrogens is 327 g/mol. The molecule has 112 valence electrons. The quantitative estimate of drug-likeness (QED) is 0.791. The number of nitrogens with one attached hydrogen (secondary N) is 1. The Morgan fingerprint density at radius 1 is 1.09 bits per heavy atom. The van der Waals surface area contributed by atoms with Crippen molar-refractivity contribution in [3.05, 3.63) is 54.6 Å². The maximum Gasteiger partial charge on any atom is 0.266 e. The molecule has 1 N–H and O–H groups in total. The number of rotatable bonds is 4. The van der Waals surface area contributed by atoms with Gasteiger partial charge in [-0.05, 0) is 24.3 Å². The van der Waals surface area contributed by atoms with Gasteiger partial charge in [0.25, 0.3) is 10.0 Å². The molecule has 0 saturated carbocycles. The van der Waals surface area contributed by atoms with Crippen LogP contribution in [0.2, 0.25) is 0 Å². The van der Waals surface area contributed by atoms with Gasteiger partial charge in [-0.1, -0.05) is 12.1 Å². The van der Waals surface area contributed by atoms with Crippen LogP contribution < -0.4 is 4.72 Å². The molecule has 1 aromatic carbocycles. The van der Waals surface area contributed by atoms with E-state index in [0.717, 1.165) is 17.6 Å². The lowest BCUT2D eigenvalue weighted by atomic mass is 10.3. The van der Waals surface area contributed by atoms with Crippen molar-refractivity contribution < 1.29 is 12.8 Å². The number of benzene rings is 1. The number of sulfonamides is 1. The number of hydrogen-bond donors (Lipinski definition) is 1. The summed E-state index contributed by atoms with van der Waals surface area (Å²) in [7, 11) is -4.04. The van der Waals surface area contributed by atoms with Crippen molar-refractivity contribution >= 4 is 26.7 Å². The van der Waals surface area contributed by atoms with Crippen molar-refractivity contribution in [3.8, 4) is 11.4 Å². The predicted molar refractivity (Wildman–Crippen MR) is 80.3 cm³/mol. The van der Waals surface area contributed by atoms with E-state index in [-0.39, 0.29) is 5.13 Å². The Bertz CT molecular complexity index is 897. The van der Waals surface area contributed by atoms with E-state index in [2.05, 4.69) is 19.1 Å². The Hall–Kier alpha value is -2.39. The lowest BCUT2D eigenvalue weighted by Crippen LogP contribution is -2.14. The molecule has 0 aliphatic rings. The van der Waals surface area contributed by atoms with Crippen LogP contribution in [0.15, 0.2) is 53.7 Å². The summed E-state index contributed by atoms with van der Waals surface area (Å²) in [6.45, 7) is 0. The van der Waals surface area contributed by atoms with E-state index in [4.69, 9.17) is 0 Å². The van der Waals surface area contributed by atoms with Gasteiger partial charge in [-0.15, -0.1) is 0 Å². The van der Waals surface area contributed by atoms with Crippen LogP contribution in [0.1, 0.15) is 0 Å². The van der Waals surface area contributed by atoms with Gasteiger partial charge in [0.2, 0.25) is 5.13 Å². The summed E-state index contributed by atoms with van der Waals surface area (Å²) >= 11 is 0.878. The maximum absolute atomic E-state index is 13.6. The van der Waals surface area contributed by atoms with Gasteiger partial charge in [0.1, 0.15) is 10.7 Å². The highest BCUT2D eigenvalue weighted by Gasteiger charge is 2.20. The molecule has 2 aromatic heterocycles. The molecule has 0 saturated heterocycles. The maximum atomic E-state index is 13.6. The summed E-state index contributed by atoms with van der Waals surface area (Å²) in [5.41, 5.74) is 0.711. The number of hydrogen-bond acceptors (Lipinski definition) is 6. The third kappa shape index (κ3) is 2.95. The zero-order valence-electron chi connectivity index (χ0n) is 11.0. The second-order valence-corrected chi connectivity index (χ2v) is 6.60. The zero-order valence-corrected chi connectivity index (χ0v) is 12.6. The molecule has 0 aliphatic carbocycles. The van der Waals surface area contributed by atoms with Crippen LogP contribution in [0.4, 0.5) is 9.52 Å². The van der Waals surface area contributed by atoms with E-state index in [1.165, 1.54) is 18.2 Å². The highest BCUT2D eigenvalue weighted by molar-refractivity contribution is 7.93. The fraction of sp³-hybridized carbons (Fsp3) is 0. The second-order valence-electron chi connectivity index (χ2n) is 4.19. The Morgan fingerprint density at radius 2 is 1.82 bits per heavy atom. The highest BCUT2D eigenvalue weighted by Crippen LogP contribution is 2.23. The van der Waals surface area contributed by atoms with Gasteiger partial charge in [0, 0.05) is 29.5 Å². The summed E-state index contributed by atoms with van der Waals surface area (Å²) in [5, 5.41) is 0.0649. The smallest absolute Gasteiger partial charge is 0.265 e. The van der Waals surface area contributed by atoms with E-state index in [9.17, 15) is 12.8 Å². The molecule has 0 atom stereocenters. The van der Waals surface area contributed by atoms with Crippen molar-refractivity contribution in [2.45, 2.75) is 4.90 Å². The van der Waals surface area contributed by atoms with Crippen LogP contribution in [0, 0.1) is 5.82 Å². The average Bonchev–Trinajstić information content (AvgIpc) is 2.96. The fourth-order valence-corrected chi connectivity index (χ4v) is 3.61. The van der Waals surface area contributed by atoms with Crippen molar-refractivity contribution in [3.63, 3.8) is 0 Å². The molecular formula is C13H9FN4O2S2. The van der Waals surface area contributed by atoms with Gasteiger partial charge in [0.15, 0.2) is 5.82 Å². The van der Waals surface area contributed by atoms with Crippen LogP contribution in [0.5, 0.6) is 0 Å². The predicted octanol–water partition coefficient (Wildman–Crippen LogP) is 2.54. The van der Waals surface area contributed by atoms with E-state index >= 15 is 0 Å². The molecule has 0 bridgehead atoms. The van der Waals surface area contributed by atoms with Crippen LogP contribution in [-0.2, 0) is 10.0 Å². The molecule has 6 nitrogen and oxygen atoms in total. The second kappa shape index (κ2) is 5.78. The summed E-state index contributed by atoms with van der Waals surface area (Å²) in [5.74, 6) is -0.451. The fourth-order valence-electron chi connectivity index (χ4n) is 1.72. The van der Waals surface area contributed by atoms with Gasteiger partial charge in [-0.3, -0.25) is 9.71 Å². The Balaban J connectivity index is 1.88. The summed E-state index contributed by atoms with van der Waals surface area (Å²) in [4.78, 5) is 7.53. The normalized spacial score (nSPS) is 11.3. The largest absolute Gasteiger partial charge is 0.266 e.